The maximum absolute atomic E-state index is 8.86. The molecule has 0 spiro atoms. The predicted octanol–water partition coefficient (Wildman–Crippen LogP) is 3.05. The number of rotatable bonds is 3. The topological polar surface area (TPSA) is 84.0 Å². The van der Waals surface area contributed by atoms with Gasteiger partial charge < -0.3 is 15.8 Å². The Kier molecular flexibility index (Phi) is 3.88. The number of nitrogens with one attached hydrogen (secondary N) is 1. The summed E-state index contributed by atoms with van der Waals surface area (Å²) in [7, 11) is 1.55. The van der Waals surface area contributed by atoms with E-state index in [1.165, 1.54) is 0 Å². The van der Waals surface area contributed by atoms with E-state index in [0.29, 0.717) is 22.7 Å². The minimum atomic E-state index is 0.515. The van der Waals surface area contributed by atoms with Gasteiger partial charge in [-0.25, -0.2) is 0 Å². The molecule has 0 fully saturated rings. The van der Waals surface area contributed by atoms with Crippen LogP contribution in [0.15, 0.2) is 35.1 Å². The molecular formula is C13H11BrN4O. The quantitative estimate of drug-likeness (QED) is 0.908. The highest BCUT2D eigenvalue weighted by Crippen LogP contribution is 2.34. The monoisotopic (exact) mass is 318 g/mol. The Balaban J connectivity index is 2.41. The second-order valence-corrected chi connectivity index (χ2v) is 4.59. The second-order valence-electron chi connectivity index (χ2n) is 3.74. The Morgan fingerprint density at radius 2 is 2.21 bits per heavy atom. The molecule has 0 aliphatic heterocycles. The van der Waals surface area contributed by atoms with Crippen molar-refractivity contribution in [1.29, 1.82) is 5.26 Å². The number of pyridine rings is 1. The molecule has 0 radical (unpaired) electrons. The molecule has 96 valence electrons. The number of anilines is 3. The van der Waals surface area contributed by atoms with Crippen LogP contribution in [0.3, 0.4) is 0 Å². The number of hydrogen-bond acceptors (Lipinski definition) is 5. The molecular weight excluding hydrogens is 308 g/mol. The summed E-state index contributed by atoms with van der Waals surface area (Å²) in [5.74, 6) is 0.571. The van der Waals surface area contributed by atoms with Crippen molar-refractivity contribution in [1.82, 2.24) is 4.98 Å². The van der Waals surface area contributed by atoms with E-state index in [0.717, 1.165) is 10.2 Å². The summed E-state index contributed by atoms with van der Waals surface area (Å²) in [6.45, 7) is 0. The second kappa shape index (κ2) is 5.59. The van der Waals surface area contributed by atoms with Crippen LogP contribution < -0.4 is 15.8 Å². The van der Waals surface area contributed by atoms with Gasteiger partial charge in [-0.3, -0.25) is 4.98 Å². The summed E-state index contributed by atoms with van der Waals surface area (Å²) in [5.41, 5.74) is 8.34. The van der Waals surface area contributed by atoms with Crippen molar-refractivity contribution in [3.8, 4) is 11.8 Å². The highest BCUT2D eigenvalue weighted by molar-refractivity contribution is 9.10. The standard InChI is InChI=1S/C13H11BrN4O/c1-19-12-4-8(5-15)2-3-11(12)18-13-9(14)6-17-7-10(13)16/h2-4,6-7H,16H2,1H3,(H,17,18). The fraction of sp³-hybridized carbons (Fsp3) is 0.0769. The van der Waals surface area contributed by atoms with Crippen molar-refractivity contribution in [3.63, 3.8) is 0 Å². The average molecular weight is 319 g/mol. The van der Waals surface area contributed by atoms with Gasteiger partial charge in [0.1, 0.15) is 5.75 Å². The van der Waals surface area contributed by atoms with Crippen molar-refractivity contribution in [2.24, 2.45) is 0 Å². The highest BCUT2D eigenvalue weighted by Gasteiger charge is 2.09. The van der Waals surface area contributed by atoms with Crippen LogP contribution in [0.25, 0.3) is 0 Å². The normalized spacial score (nSPS) is 9.74. The van der Waals surface area contributed by atoms with Gasteiger partial charge in [0, 0.05) is 12.3 Å². The van der Waals surface area contributed by atoms with E-state index in [4.69, 9.17) is 15.7 Å². The van der Waals surface area contributed by atoms with Crippen LogP contribution >= 0.6 is 15.9 Å². The van der Waals surface area contributed by atoms with E-state index in [1.54, 1.807) is 37.7 Å². The Labute approximate surface area is 119 Å². The molecule has 2 aromatic rings. The smallest absolute Gasteiger partial charge is 0.143 e. The zero-order chi connectivity index (χ0) is 13.8. The van der Waals surface area contributed by atoms with Crippen LogP contribution in [0.4, 0.5) is 17.1 Å². The molecule has 0 amide bonds. The number of nitriles is 1. The lowest BCUT2D eigenvalue weighted by molar-refractivity contribution is 0.416. The Hall–Kier alpha value is -2.26. The van der Waals surface area contributed by atoms with Crippen molar-refractivity contribution in [2.45, 2.75) is 0 Å². The van der Waals surface area contributed by atoms with Crippen LogP contribution in [0.5, 0.6) is 5.75 Å². The summed E-state index contributed by atoms with van der Waals surface area (Å²) in [5, 5.41) is 12.0. The fourth-order valence-corrected chi connectivity index (χ4v) is 2.03. The molecule has 0 atom stereocenters. The number of ether oxygens (including phenoxy) is 1. The molecule has 3 N–H and O–H groups in total. The Bertz CT molecular complexity index is 631. The number of nitrogens with two attached hydrogens (primary N) is 1. The number of nitrogens with zero attached hydrogens (tertiary/aromatic N) is 2. The van der Waals surface area contributed by atoms with Crippen molar-refractivity contribution >= 4 is 33.0 Å². The summed E-state index contributed by atoms with van der Waals surface area (Å²) < 4.78 is 6.00. The number of aromatic nitrogens is 1. The molecule has 0 bridgehead atoms. The van der Waals surface area contributed by atoms with E-state index >= 15 is 0 Å². The maximum Gasteiger partial charge on any atom is 0.143 e. The number of hydrogen-bond donors (Lipinski definition) is 2. The molecule has 1 aromatic carbocycles. The summed E-state index contributed by atoms with van der Waals surface area (Å²) in [6, 6.07) is 7.20. The van der Waals surface area contributed by atoms with Gasteiger partial charge in [-0.1, -0.05) is 0 Å². The third-order valence-electron chi connectivity index (χ3n) is 2.52. The predicted molar refractivity (Wildman–Crippen MR) is 77.3 cm³/mol. The fourth-order valence-electron chi connectivity index (χ4n) is 1.58. The van der Waals surface area contributed by atoms with Crippen molar-refractivity contribution in [3.05, 3.63) is 40.6 Å². The van der Waals surface area contributed by atoms with Gasteiger partial charge in [0.2, 0.25) is 0 Å². The van der Waals surface area contributed by atoms with E-state index in [-0.39, 0.29) is 0 Å². The lowest BCUT2D eigenvalue weighted by Gasteiger charge is -2.14. The van der Waals surface area contributed by atoms with Crippen LogP contribution in [-0.2, 0) is 0 Å². The molecule has 1 aromatic heterocycles. The molecule has 0 aliphatic carbocycles. The molecule has 0 aliphatic rings. The van der Waals surface area contributed by atoms with E-state index in [9.17, 15) is 0 Å². The maximum atomic E-state index is 8.86. The average Bonchev–Trinajstić information content (AvgIpc) is 2.43. The minimum absolute atomic E-state index is 0.515. The number of methoxy groups -OCH3 is 1. The van der Waals surface area contributed by atoms with E-state index in [1.807, 2.05) is 0 Å². The molecule has 5 nitrogen and oxygen atoms in total. The first kappa shape index (κ1) is 13.2. The lowest BCUT2D eigenvalue weighted by Crippen LogP contribution is -2.00. The zero-order valence-electron chi connectivity index (χ0n) is 10.1. The molecule has 2 rings (SSSR count). The van der Waals surface area contributed by atoms with Crippen molar-refractivity contribution < 1.29 is 4.74 Å². The van der Waals surface area contributed by atoms with Crippen LogP contribution in [0.1, 0.15) is 5.56 Å². The lowest BCUT2D eigenvalue weighted by atomic mass is 10.2. The third-order valence-corrected chi connectivity index (χ3v) is 3.12. The number of benzene rings is 1. The Morgan fingerprint density at radius 1 is 1.42 bits per heavy atom. The summed E-state index contributed by atoms with van der Waals surface area (Å²) >= 11 is 3.38. The summed E-state index contributed by atoms with van der Waals surface area (Å²) in [4.78, 5) is 3.97. The van der Waals surface area contributed by atoms with Gasteiger partial charge in [0.15, 0.2) is 0 Å². The van der Waals surface area contributed by atoms with Crippen LogP contribution in [0, 0.1) is 11.3 Å². The van der Waals surface area contributed by atoms with Gasteiger partial charge in [0.05, 0.1) is 46.5 Å². The first-order valence-electron chi connectivity index (χ1n) is 5.40. The Morgan fingerprint density at radius 3 is 2.84 bits per heavy atom. The van der Waals surface area contributed by atoms with Crippen molar-refractivity contribution in [2.75, 3.05) is 18.2 Å². The van der Waals surface area contributed by atoms with Gasteiger partial charge >= 0.3 is 0 Å². The first-order valence-corrected chi connectivity index (χ1v) is 6.19. The molecule has 0 saturated heterocycles. The van der Waals surface area contributed by atoms with Gasteiger partial charge in [-0.05, 0) is 28.1 Å². The SMILES string of the molecule is COc1cc(C#N)ccc1Nc1c(N)cncc1Br. The van der Waals surface area contributed by atoms with E-state index in [2.05, 4.69) is 32.3 Å². The molecule has 19 heavy (non-hydrogen) atoms. The highest BCUT2D eigenvalue weighted by atomic mass is 79.9. The molecule has 1 heterocycles. The third kappa shape index (κ3) is 2.77. The first-order chi connectivity index (χ1) is 9.15. The summed E-state index contributed by atoms with van der Waals surface area (Å²) in [6.07, 6.45) is 3.21. The molecule has 0 saturated carbocycles. The number of nitrogen functional groups attached to an aromatic ring is 1. The van der Waals surface area contributed by atoms with Crippen LogP contribution in [-0.4, -0.2) is 12.1 Å². The molecule has 6 heteroatoms. The number of halogens is 1. The van der Waals surface area contributed by atoms with Crippen LogP contribution in [0.2, 0.25) is 0 Å². The van der Waals surface area contributed by atoms with Gasteiger partial charge in [0.25, 0.3) is 0 Å². The largest absolute Gasteiger partial charge is 0.495 e. The zero-order valence-corrected chi connectivity index (χ0v) is 11.7. The van der Waals surface area contributed by atoms with Gasteiger partial charge in [-0.2, -0.15) is 5.26 Å². The van der Waals surface area contributed by atoms with Gasteiger partial charge in [-0.15, -0.1) is 0 Å². The minimum Gasteiger partial charge on any atom is -0.495 e. The molecule has 0 unspecified atom stereocenters. The van der Waals surface area contributed by atoms with E-state index < -0.39 is 0 Å².